The van der Waals surface area contributed by atoms with Crippen molar-refractivity contribution in [1.29, 1.82) is 0 Å². The molecule has 2 rings (SSSR count). The molecule has 0 unspecified atom stereocenters. The summed E-state index contributed by atoms with van der Waals surface area (Å²) >= 11 is 1.13. The van der Waals surface area contributed by atoms with Gasteiger partial charge in [-0.25, -0.2) is 0 Å². The molecule has 0 aliphatic rings. The molecule has 0 atom stereocenters. The molecule has 0 saturated carbocycles. The minimum atomic E-state index is -0.880. The van der Waals surface area contributed by atoms with Crippen molar-refractivity contribution < 1.29 is 9.90 Å². The van der Waals surface area contributed by atoms with Crippen molar-refractivity contribution in [2.75, 3.05) is 13.6 Å². The molecule has 0 fully saturated rings. The number of nitrogens with one attached hydrogen (secondary N) is 1. The van der Waals surface area contributed by atoms with Crippen LogP contribution in [0.3, 0.4) is 0 Å². The van der Waals surface area contributed by atoms with Gasteiger partial charge in [0.2, 0.25) is 0 Å². The molecule has 1 aromatic heterocycles. The number of thiazole rings is 1. The van der Waals surface area contributed by atoms with E-state index in [0.29, 0.717) is 6.54 Å². The molecule has 1 aromatic carbocycles. The van der Waals surface area contributed by atoms with E-state index in [-0.39, 0.29) is 11.4 Å². The summed E-state index contributed by atoms with van der Waals surface area (Å²) < 4.78 is 0. The molecule has 2 N–H and O–H groups in total. The average Bonchev–Trinajstić information content (AvgIpc) is 2.78. The summed E-state index contributed by atoms with van der Waals surface area (Å²) in [6.07, 6.45) is 0.967. The Morgan fingerprint density at radius 1 is 1.33 bits per heavy atom. The quantitative estimate of drug-likeness (QED) is 0.858. The van der Waals surface area contributed by atoms with Crippen LogP contribution in [0, 0.1) is 0 Å². The van der Waals surface area contributed by atoms with Gasteiger partial charge in [0, 0.05) is 11.4 Å². The molecule has 5 nitrogen and oxygen atoms in total. The van der Waals surface area contributed by atoms with E-state index >= 15 is 0 Å². The molecule has 0 radical (unpaired) electrons. The number of aromatic amines is 1. The van der Waals surface area contributed by atoms with Crippen LogP contribution in [0.15, 0.2) is 29.1 Å². The number of benzene rings is 1. The number of likely N-dealkylation sites (N-methyl/N-ethyl adjacent to an activating group) is 1. The molecular formula is C15H18N2O3S. The Morgan fingerprint density at radius 3 is 2.57 bits per heavy atom. The molecule has 0 aliphatic heterocycles. The lowest BCUT2D eigenvalue weighted by Gasteiger charge is -2.13. The summed E-state index contributed by atoms with van der Waals surface area (Å²) in [7, 11) is 1.72. The first-order chi connectivity index (χ1) is 9.99. The zero-order chi connectivity index (χ0) is 15.4. The van der Waals surface area contributed by atoms with Crippen LogP contribution in [-0.4, -0.2) is 34.6 Å². The Bertz CT molecular complexity index is 673. The van der Waals surface area contributed by atoms with Crippen LogP contribution >= 0.6 is 11.3 Å². The summed E-state index contributed by atoms with van der Waals surface area (Å²) in [6.45, 7) is 2.47. The van der Waals surface area contributed by atoms with E-state index in [0.717, 1.165) is 33.9 Å². The largest absolute Gasteiger partial charge is 0.480 e. The minimum absolute atomic E-state index is 0.0553. The van der Waals surface area contributed by atoms with Crippen LogP contribution in [0.5, 0.6) is 0 Å². The normalized spacial score (nSPS) is 11.0. The van der Waals surface area contributed by atoms with Gasteiger partial charge in [-0.05, 0) is 24.6 Å². The number of aliphatic carboxylic acids is 1. The lowest BCUT2D eigenvalue weighted by atomic mass is 10.1. The van der Waals surface area contributed by atoms with Crippen molar-refractivity contribution in [2.45, 2.75) is 19.9 Å². The second-order valence-electron chi connectivity index (χ2n) is 4.93. The van der Waals surface area contributed by atoms with E-state index < -0.39 is 5.97 Å². The molecule has 0 amide bonds. The highest BCUT2D eigenvalue weighted by Gasteiger charge is 2.13. The maximum Gasteiger partial charge on any atom is 0.317 e. The number of carbonyl (C=O) groups is 1. The standard InChI is InChI=1S/C15H18N2O3S/c1-3-10-4-6-11(7-5-10)14-12(21-15(20)16-14)8-17(2)9-13(18)19/h4-7H,3,8-9H2,1-2H3,(H,16,20)(H,18,19). The molecule has 1 heterocycles. The summed E-state index contributed by atoms with van der Waals surface area (Å²) in [4.78, 5) is 27.6. The van der Waals surface area contributed by atoms with Gasteiger partial charge in [0.1, 0.15) is 0 Å². The number of hydrogen-bond acceptors (Lipinski definition) is 4. The Kier molecular flexibility index (Phi) is 4.93. The zero-order valence-corrected chi connectivity index (χ0v) is 12.9. The molecule has 6 heteroatoms. The third-order valence-corrected chi connectivity index (χ3v) is 4.06. The van der Waals surface area contributed by atoms with E-state index in [9.17, 15) is 9.59 Å². The summed E-state index contributed by atoms with van der Waals surface area (Å²) in [5, 5.41) is 8.80. The third kappa shape index (κ3) is 4.03. The molecule has 0 bridgehead atoms. The number of carboxylic acids is 1. The third-order valence-electron chi connectivity index (χ3n) is 3.19. The number of aryl methyl sites for hydroxylation is 1. The fourth-order valence-electron chi connectivity index (χ4n) is 2.14. The lowest BCUT2D eigenvalue weighted by molar-refractivity contribution is -0.138. The first kappa shape index (κ1) is 15.5. The van der Waals surface area contributed by atoms with Gasteiger partial charge in [-0.2, -0.15) is 0 Å². The second-order valence-corrected chi connectivity index (χ2v) is 6.00. The summed E-state index contributed by atoms with van der Waals surface area (Å²) in [5.74, 6) is -0.880. The molecule has 0 spiro atoms. The van der Waals surface area contributed by atoms with Crippen LogP contribution in [-0.2, 0) is 17.8 Å². The highest BCUT2D eigenvalue weighted by molar-refractivity contribution is 7.09. The SMILES string of the molecule is CCc1ccc(-c2[nH]c(=O)sc2CN(C)CC(=O)O)cc1. The molecule has 2 aromatic rings. The van der Waals surface area contributed by atoms with Crippen LogP contribution in [0.1, 0.15) is 17.4 Å². The van der Waals surface area contributed by atoms with Crippen LogP contribution < -0.4 is 4.87 Å². The van der Waals surface area contributed by atoms with Gasteiger partial charge in [-0.3, -0.25) is 14.5 Å². The van der Waals surface area contributed by atoms with E-state index in [1.165, 1.54) is 5.56 Å². The molecule has 21 heavy (non-hydrogen) atoms. The van der Waals surface area contributed by atoms with E-state index in [4.69, 9.17) is 5.11 Å². The second kappa shape index (κ2) is 6.69. The number of H-pyrrole nitrogens is 1. The van der Waals surface area contributed by atoms with Crippen molar-refractivity contribution in [3.8, 4) is 11.3 Å². The smallest absolute Gasteiger partial charge is 0.317 e. The van der Waals surface area contributed by atoms with Crippen molar-refractivity contribution in [3.63, 3.8) is 0 Å². The van der Waals surface area contributed by atoms with Crippen molar-refractivity contribution in [2.24, 2.45) is 0 Å². The number of rotatable bonds is 6. The Hall–Kier alpha value is -1.92. The average molecular weight is 306 g/mol. The fourth-order valence-corrected chi connectivity index (χ4v) is 3.08. The number of aromatic nitrogens is 1. The van der Waals surface area contributed by atoms with Crippen LogP contribution in [0.25, 0.3) is 11.3 Å². The Balaban J connectivity index is 2.27. The highest BCUT2D eigenvalue weighted by Crippen LogP contribution is 2.24. The van der Waals surface area contributed by atoms with Crippen LogP contribution in [0.4, 0.5) is 0 Å². The summed E-state index contributed by atoms with van der Waals surface area (Å²) in [5.41, 5.74) is 2.97. The Labute approximate surface area is 126 Å². The first-order valence-corrected chi connectivity index (χ1v) is 7.53. The van der Waals surface area contributed by atoms with E-state index in [1.807, 2.05) is 24.3 Å². The topological polar surface area (TPSA) is 73.4 Å². The van der Waals surface area contributed by atoms with Gasteiger partial charge in [-0.15, -0.1) is 0 Å². The van der Waals surface area contributed by atoms with Gasteiger partial charge < -0.3 is 10.1 Å². The minimum Gasteiger partial charge on any atom is -0.480 e. The maximum atomic E-state index is 11.6. The molecule has 0 saturated heterocycles. The molecule has 112 valence electrons. The van der Waals surface area contributed by atoms with Crippen molar-refractivity contribution >= 4 is 17.3 Å². The van der Waals surface area contributed by atoms with Gasteiger partial charge in [0.05, 0.1) is 12.2 Å². The summed E-state index contributed by atoms with van der Waals surface area (Å²) in [6, 6.07) is 8.04. The maximum absolute atomic E-state index is 11.6. The predicted octanol–water partition coefficient (Wildman–Crippen LogP) is 2.18. The number of hydrogen-bond donors (Lipinski definition) is 2. The number of carboxylic acid groups (broad SMARTS) is 1. The highest BCUT2D eigenvalue weighted by atomic mass is 32.1. The van der Waals surface area contributed by atoms with E-state index in [1.54, 1.807) is 11.9 Å². The monoisotopic (exact) mass is 306 g/mol. The van der Waals surface area contributed by atoms with Gasteiger partial charge in [-0.1, -0.05) is 42.5 Å². The zero-order valence-electron chi connectivity index (χ0n) is 12.0. The molecule has 0 aliphatic carbocycles. The van der Waals surface area contributed by atoms with Crippen molar-refractivity contribution in [3.05, 3.63) is 44.4 Å². The lowest BCUT2D eigenvalue weighted by Crippen LogP contribution is -2.24. The Morgan fingerprint density at radius 2 is 2.00 bits per heavy atom. The van der Waals surface area contributed by atoms with Crippen LogP contribution in [0.2, 0.25) is 0 Å². The van der Waals surface area contributed by atoms with Crippen molar-refractivity contribution in [1.82, 2.24) is 9.88 Å². The fraction of sp³-hybridized carbons (Fsp3) is 0.333. The van der Waals surface area contributed by atoms with Gasteiger partial charge in [0.15, 0.2) is 0 Å². The van der Waals surface area contributed by atoms with Gasteiger partial charge >= 0.3 is 10.8 Å². The van der Waals surface area contributed by atoms with Gasteiger partial charge in [0.25, 0.3) is 0 Å². The predicted molar refractivity (Wildman–Crippen MR) is 83.7 cm³/mol. The first-order valence-electron chi connectivity index (χ1n) is 6.71. The van der Waals surface area contributed by atoms with E-state index in [2.05, 4.69) is 11.9 Å². The molecular weight excluding hydrogens is 288 g/mol. The number of nitrogens with zero attached hydrogens (tertiary/aromatic N) is 1.